The van der Waals surface area contributed by atoms with Crippen LogP contribution in [0.15, 0.2) is 54.7 Å². The largest absolute Gasteiger partial charge is 0.294 e. The fourth-order valence-corrected chi connectivity index (χ4v) is 2.30. The maximum atomic E-state index is 13.5. The Balaban J connectivity index is 2.24. The van der Waals surface area contributed by atoms with Crippen molar-refractivity contribution in [3.8, 4) is 11.1 Å². The number of hydrogen-bond acceptors (Lipinski definition) is 2. The minimum Gasteiger partial charge on any atom is -0.294 e. The Labute approximate surface area is 115 Å². The number of carbonyl (C=O) groups is 1. The number of pyridine rings is 1. The number of carbonyl (C=O) groups excluding carboxylic acids is 1. The van der Waals surface area contributed by atoms with Crippen LogP contribution < -0.4 is 0 Å². The van der Waals surface area contributed by atoms with Gasteiger partial charge in [-0.3, -0.25) is 9.78 Å². The summed E-state index contributed by atoms with van der Waals surface area (Å²) in [6.07, 6.45) is 1.71. The Hall–Kier alpha value is -2.55. The molecule has 2 aromatic carbocycles. The van der Waals surface area contributed by atoms with Gasteiger partial charge in [0.1, 0.15) is 5.82 Å². The van der Waals surface area contributed by atoms with Gasteiger partial charge in [0.15, 0.2) is 5.78 Å². The summed E-state index contributed by atoms with van der Waals surface area (Å²) in [5.41, 5.74) is 2.73. The average Bonchev–Trinajstić information content (AvgIpc) is 2.46. The first-order valence-corrected chi connectivity index (χ1v) is 6.31. The number of aromatic nitrogens is 1. The maximum absolute atomic E-state index is 13.5. The third-order valence-electron chi connectivity index (χ3n) is 3.28. The molecular formula is C17H12FNO. The second-order valence-electron chi connectivity index (χ2n) is 4.66. The number of fused-ring (bicyclic) bond motifs is 1. The fourth-order valence-electron chi connectivity index (χ4n) is 2.30. The molecule has 0 aliphatic carbocycles. The van der Waals surface area contributed by atoms with Gasteiger partial charge in [-0.15, -0.1) is 0 Å². The minimum atomic E-state index is -0.355. The van der Waals surface area contributed by atoms with Crippen LogP contribution >= 0.6 is 0 Å². The number of Topliss-reactive ketones (excluding diaryl/α,β-unsaturated/α-hetero) is 1. The topological polar surface area (TPSA) is 30.0 Å². The van der Waals surface area contributed by atoms with E-state index in [1.807, 2.05) is 30.3 Å². The molecule has 0 fully saturated rings. The lowest BCUT2D eigenvalue weighted by Crippen LogP contribution is -1.97. The Morgan fingerprint density at radius 1 is 1.10 bits per heavy atom. The minimum absolute atomic E-state index is 0.0823. The highest BCUT2D eigenvalue weighted by atomic mass is 19.1. The molecule has 0 N–H and O–H groups in total. The molecule has 98 valence electrons. The molecule has 0 aliphatic heterocycles. The smallest absolute Gasteiger partial charge is 0.160 e. The molecule has 0 radical (unpaired) electrons. The quantitative estimate of drug-likeness (QED) is 0.648. The summed E-state index contributed by atoms with van der Waals surface area (Å²) in [4.78, 5) is 16.0. The van der Waals surface area contributed by atoms with E-state index in [1.165, 1.54) is 25.1 Å². The van der Waals surface area contributed by atoms with Gasteiger partial charge >= 0.3 is 0 Å². The average molecular weight is 265 g/mol. The Bertz CT molecular complexity index is 811. The Kier molecular flexibility index (Phi) is 3.03. The van der Waals surface area contributed by atoms with E-state index in [9.17, 15) is 9.18 Å². The second-order valence-corrected chi connectivity index (χ2v) is 4.66. The zero-order valence-corrected chi connectivity index (χ0v) is 10.9. The van der Waals surface area contributed by atoms with Crippen molar-refractivity contribution in [1.29, 1.82) is 0 Å². The zero-order valence-electron chi connectivity index (χ0n) is 10.9. The molecule has 0 saturated heterocycles. The summed E-state index contributed by atoms with van der Waals surface area (Å²) in [7, 11) is 0. The predicted octanol–water partition coefficient (Wildman–Crippen LogP) is 4.24. The van der Waals surface area contributed by atoms with Gasteiger partial charge in [-0.2, -0.15) is 0 Å². The molecule has 1 aromatic heterocycles. The lowest BCUT2D eigenvalue weighted by molar-refractivity contribution is 0.101. The summed E-state index contributed by atoms with van der Waals surface area (Å²) in [5.74, 6) is -0.438. The van der Waals surface area contributed by atoms with Gasteiger partial charge < -0.3 is 0 Å². The van der Waals surface area contributed by atoms with Gasteiger partial charge in [0.2, 0.25) is 0 Å². The first-order chi connectivity index (χ1) is 9.65. The van der Waals surface area contributed by atoms with Crippen LogP contribution in [0, 0.1) is 5.82 Å². The van der Waals surface area contributed by atoms with E-state index in [4.69, 9.17) is 0 Å². The second kappa shape index (κ2) is 4.85. The molecule has 0 bridgehead atoms. The Morgan fingerprint density at radius 3 is 2.75 bits per heavy atom. The Morgan fingerprint density at radius 2 is 1.95 bits per heavy atom. The van der Waals surface area contributed by atoms with E-state index in [0.29, 0.717) is 11.1 Å². The molecule has 0 saturated carbocycles. The van der Waals surface area contributed by atoms with Crippen LogP contribution in [0.5, 0.6) is 0 Å². The van der Waals surface area contributed by atoms with Crippen LogP contribution in [0.1, 0.15) is 17.3 Å². The fraction of sp³-hybridized carbons (Fsp3) is 0.0588. The number of ketones is 1. The van der Waals surface area contributed by atoms with E-state index >= 15 is 0 Å². The molecule has 0 amide bonds. The van der Waals surface area contributed by atoms with Crippen molar-refractivity contribution in [3.05, 3.63) is 66.1 Å². The van der Waals surface area contributed by atoms with E-state index in [2.05, 4.69) is 4.98 Å². The molecule has 3 aromatic rings. The van der Waals surface area contributed by atoms with Crippen LogP contribution in [0.25, 0.3) is 22.0 Å². The highest BCUT2D eigenvalue weighted by Gasteiger charge is 2.11. The summed E-state index contributed by atoms with van der Waals surface area (Å²) in [5, 5.41) is 1.01. The van der Waals surface area contributed by atoms with Crippen molar-refractivity contribution in [2.75, 3.05) is 0 Å². The third kappa shape index (κ3) is 2.18. The number of benzene rings is 2. The van der Waals surface area contributed by atoms with Crippen molar-refractivity contribution in [1.82, 2.24) is 4.98 Å². The van der Waals surface area contributed by atoms with E-state index < -0.39 is 0 Å². The van der Waals surface area contributed by atoms with Crippen LogP contribution in [0.2, 0.25) is 0 Å². The monoisotopic (exact) mass is 265 g/mol. The molecule has 20 heavy (non-hydrogen) atoms. The van der Waals surface area contributed by atoms with Gasteiger partial charge in [0.05, 0.1) is 5.52 Å². The normalized spacial score (nSPS) is 10.7. The third-order valence-corrected chi connectivity index (χ3v) is 3.28. The number of rotatable bonds is 2. The summed E-state index contributed by atoms with van der Waals surface area (Å²) >= 11 is 0. The van der Waals surface area contributed by atoms with Crippen molar-refractivity contribution in [2.45, 2.75) is 6.92 Å². The van der Waals surface area contributed by atoms with E-state index in [-0.39, 0.29) is 11.6 Å². The maximum Gasteiger partial charge on any atom is 0.160 e. The lowest BCUT2D eigenvalue weighted by Gasteiger charge is -2.08. The van der Waals surface area contributed by atoms with Gasteiger partial charge in [0.25, 0.3) is 0 Å². The molecule has 0 atom stereocenters. The standard InChI is InChI=1S/C17H12FNO/c1-11(20)15-7-6-14(18)10-16(15)13-5-4-12-3-2-8-19-17(12)9-13/h2-10H,1H3. The van der Waals surface area contributed by atoms with Crippen LogP contribution in [-0.2, 0) is 0 Å². The summed E-state index contributed by atoms with van der Waals surface area (Å²) in [6.45, 7) is 1.48. The predicted molar refractivity (Wildman–Crippen MR) is 77.1 cm³/mol. The highest BCUT2D eigenvalue weighted by Crippen LogP contribution is 2.27. The first-order valence-electron chi connectivity index (χ1n) is 6.31. The van der Waals surface area contributed by atoms with Crippen LogP contribution in [-0.4, -0.2) is 10.8 Å². The molecule has 3 rings (SSSR count). The van der Waals surface area contributed by atoms with Gasteiger partial charge in [-0.05, 0) is 48.4 Å². The van der Waals surface area contributed by atoms with Crippen molar-refractivity contribution < 1.29 is 9.18 Å². The molecule has 0 unspecified atom stereocenters. The first kappa shape index (κ1) is 12.5. The molecule has 0 spiro atoms. The molecule has 1 heterocycles. The van der Waals surface area contributed by atoms with Crippen molar-refractivity contribution in [3.63, 3.8) is 0 Å². The van der Waals surface area contributed by atoms with Crippen LogP contribution in [0.4, 0.5) is 4.39 Å². The van der Waals surface area contributed by atoms with Gasteiger partial charge in [-0.25, -0.2) is 4.39 Å². The number of nitrogens with zero attached hydrogens (tertiary/aromatic N) is 1. The zero-order chi connectivity index (χ0) is 14.1. The summed E-state index contributed by atoms with van der Waals surface area (Å²) in [6, 6.07) is 13.7. The van der Waals surface area contributed by atoms with E-state index in [1.54, 1.807) is 6.20 Å². The van der Waals surface area contributed by atoms with Crippen molar-refractivity contribution in [2.24, 2.45) is 0 Å². The molecular weight excluding hydrogens is 253 g/mol. The SMILES string of the molecule is CC(=O)c1ccc(F)cc1-c1ccc2cccnc2c1. The molecule has 0 aliphatic rings. The number of halogens is 1. The van der Waals surface area contributed by atoms with E-state index in [0.717, 1.165) is 16.5 Å². The molecule has 3 heteroatoms. The van der Waals surface area contributed by atoms with Gasteiger partial charge in [-0.1, -0.05) is 18.2 Å². The van der Waals surface area contributed by atoms with Gasteiger partial charge in [0, 0.05) is 17.1 Å². The lowest BCUT2D eigenvalue weighted by atomic mass is 9.96. The van der Waals surface area contributed by atoms with Crippen LogP contribution in [0.3, 0.4) is 0 Å². The summed E-state index contributed by atoms with van der Waals surface area (Å²) < 4.78 is 13.5. The molecule has 2 nitrogen and oxygen atoms in total. The number of hydrogen-bond donors (Lipinski definition) is 0. The van der Waals surface area contributed by atoms with Crippen molar-refractivity contribution >= 4 is 16.7 Å². The highest BCUT2D eigenvalue weighted by molar-refractivity contribution is 6.01.